The molecule has 1 saturated heterocycles. The molecular formula is C21H25ClFN5O2S. The number of hydrogen-bond acceptors (Lipinski definition) is 6. The summed E-state index contributed by atoms with van der Waals surface area (Å²) in [5.74, 6) is 0.331. The third-order valence-corrected chi connectivity index (χ3v) is 6.14. The normalized spacial score (nSPS) is 14.4. The highest BCUT2D eigenvalue weighted by molar-refractivity contribution is 7.99. The van der Waals surface area contributed by atoms with E-state index in [9.17, 15) is 14.0 Å². The Bertz CT molecular complexity index is 924. The van der Waals surface area contributed by atoms with E-state index < -0.39 is 5.82 Å². The second-order valence-corrected chi connectivity index (χ2v) is 8.64. The summed E-state index contributed by atoms with van der Waals surface area (Å²) in [6, 6.07) is 5.88. The van der Waals surface area contributed by atoms with Gasteiger partial charge in [-0.2, -0.15) is 0 Å². The summed E-state index contributed by atoms with van der Waals surface area (Å²) in [6.45, 7) is 4.25. The van der Waals surface area contributed by atoms with Gasteiger partial charge < -0.3 is 15.5 Å². The zero-order valence-corrected chi connectivity index (χ0v) is 18.8. The first kappa shape index (κ1) is 23.3. The van der Waals surface area contributed by atoms with Gasteiger partial charge >= 0.3 is 0 Å². The number of benzene rings is 1. The average molecular weight is 466 g/mol. The lowest BCUT2D eigenvalue weighted by Gasteiger charge is -2.32. The third kappa shape index (κ3) is 6.80. The Morgan fingerprint density at radius 3 is 2.74 bits per heavy atom. The van der Waals surface area contributed by atoms with E-state index in [0.29, 0.717) is 17.3 Å². The molecule has 1 aliphatic heterocycles. The molecule has 166 valence electrons. The second-order valence-electron chi connectivity index (χ2n) is 7.23. The number of anilines is 2. The van der Waals surface area contributed by atoms with Crippen LogP contribution in [-0.4, -0.2) is 47.2 Å². The van der Waals surface area contributed by atoms with Crippen LogP contribution in [0.15, 0.2) is 35.6 Å². The van der Waals surface area contributed by atoms with E-state index in [1.165, 1.54) is 36.3 Å². The number of halogens is 2. The van der Waals surface area contributed by atoms with Crippen LogP contribution in [0.25, 0.3) is 0 Å². The molecule has 2 amide bonds. The number of amides is 2. The fourth-order valence-electron chi connectivity index (χ4n) is 3.26. The number of nitrogens with one attached hydrogen (secondary N) is 2. The maximum Gasteiger partial charge on any atom is 0.234 e. The number of rotatable bonds is 8. The van der Waals surface area contributed by atoms with Gasteiger partial charge in [0.15, 0.2) is 0 Å². The number of nitrogens with zero attached hydrogens (tertiary/aromatic N) is 3. The molecule has 0 aliphatic carbocycles. The quantitative estimate of drug-likeness (QED) is 0.456. The molecule has 31 heavy (non-hydrogen) atoms. The minimum atomic E-state index is -0.534. The molecule has 1 fully saturated rings. The summed E-state index contributed by atoms with van der Waals surface area (Å²) < 4.78 is 13.2. The number of hydrogen-bond donors (Lipinski definition) is 2. The van der Waals surface area contributed by atoms with Crippen molar-refractivity contribution in [1.82, 2.24) is 15.3 Å². The highest BCUT2D eigenvalue weighted by Crippen LogP contribution is 2.25. The first-order valence-electron chi connectivity index (χ1n) is 10.2. The molecule has 1 aliphatic rings. The van der Waals surface area contributed by atoms with Crippen LogP contribution in [0.3, 0.4) is 0 Å². The molecule has 10 heteroatoms. The Kier molecular flexibility index (Phi) is 8.48. The molecule has 7 nitrogen and oxygen atoms in total. The molecule has 0 unspecified atom stereocenters. The van der Waals surface area contributed by atoms with Crippen molar-refractivity contribution in [3.63, 3.8) is 0 Å². The van der Waals surface area contributed by atoms with Gasteiger partial charge in [0.25, 0.3) is 0 Å². The van der Waals surface area contributed by atoms with E-state index in [4.69, 9.17) is 11.6 Å². The lowest BCUT2D eigenvalue weighted by Crippen LogP contribution is -2.41. The first-order chi connectivity index (χ1) is 15.0. The van der Waals surface area contributed by atoms with Gasteiger partial charge in [0.1, 0.15) is 23.0 Å². The molecule has 0 bridgehead atoms. The van der Waals surface area contributed by atoms with Crippen LogP contribution in [0.2, 0.25) is 5.02 Å². The van der Waals surface area contributed by atoms with Crippen LogP contribution in [0, 0.1) is 11.7 Å². The highest BCUT2D eigenvalue weighted by atomic mass is 35.5. The lowest BCUT2D eigenvalue weighted by atomic mass is 9.96. The molecular weight excluding hydrogens is 441 g/mol. The van der Waals surface area contributed by atoms with E-state index in [1.54, 1.807) is 0 Å². The molecule has 2 aromatic rings. The van der Waals surface area contributed by atoms with E-state index >= 15 is 0 Å². The van der Waals surface area contributed by atoms with Gasteiger partial charge in [-0.05, 0) is 37.5 Å². The van der Waals surface area contributed by atoms with Gasteiger partial charge in [-0.25, -0.2) is 14.4 Å². The fraction of sp³-hybridized carbons (Fsp3) is 0.429. The molecule has 1 aromatic heterocycles. The van der Waals surface area contributed by atoms with Gasteiger partial charge in [0.05, 0.1) is 10.8 Å². The van der Waals surface area contributed by atoms with E-state index in [1.807, 2.05) is 13.0 Å². The summed E-state index contributed by atoms with van der Waals surface area (Å²) in [6.07, 6.45) is 3.98. The summed E-state index contributed by atoms with van der Waals surface area (Å²) >= 11 is 7.02. The summed E-state index contributed by atoms with van der Waals surface area (Å²) in [7, 11) is 0. The molecule has 0 saturated carbocycles. The van der Waals surface area contributed by atoms with Crippen molar-refractivity contribution in [1.29, 1.82) is 0 Å². The first-order valence-corrected chi connectivity index (χ1v) is 11.5. The van der Waals surface area contributed by atoms with Gasteiger partial charge in [-0.15, -0.1) is 0 Å². The standard InChI is InChI=1S/C21H25ClFN5O2S/c1-2-7-24-21(30)14-5-8-28(9-6-14)18-11-20(26-13-25-18)31-12-19(29)27-15-3-4-17(23)16(22)10-15/h3-4,10-11,13-14H,2,5-9,12H2,1H3,(H,24,30)(H,27,29). The fourth-order valence-corrected chi connectivity index (χ4v) is 4.10. The average Bonchev–Trinajstić information content (AvgIpc) is 2.79. The second kappa shape index (κ2) is 11.3. The summed E-state index contributed by atoms with van der Waals surface area (Å²) in [4.78, 5) is 35.0. The monoisotopic (exact) mass is 465 g/mol. The zero-order chi connectivity index (χ0) is 22.2. The van der Waals surface area contributed by atoms with Crippen molar-refractivity contribution >= 4 is 46.7 Å². The van der Waals surface area contributed by atoms with Crippen molar-refractivity contribution in [2.45, 2.75) is 31.2 Å². The van der Waals surface area contributed by atoms with Gasteiger partial charge in [0.2, 0.25) is 11.8 Å². The van der Waals surface area contributed by atoms with Crippen molar-refractivity contribution in [2.75, 3.05) is 35.6 Å². The van der Waals surface area contributed by atoms with Crippen LogP contribution < -0.4 is 15.5 Å². The van der Waals surface area contributed by atoms with Crippen molar-refractivity contribution in [3.05, 3.63) is 41.4 Å². The molecule has 0 atom stereocenters. The largest absolute Gasteiger partial charge is 0.356 e. The summed E-state index contributed by atoms with van der Waals surface area (Å²) in [5, 5.41) is 6.29. The number of thioether (sulfide) groups is 1. The van der Waals surface area contributed by atoms with E-state index in [0.717, 1.165) is 38.2 Å². The Morgan fingerprint density at radius 2 is 2.03 bits per heavy atom. The Hall–Kier alpha value is -2.39. The maximum atomic E-state index is 13.2. The predicted octanol–water partition coefficient (Wildman–Crippen LogP) is 3.74. The van der Waals surface area contributed by atoms with Crippen molar-refractivity contribution < 1.29 is 14.0 Å². The zero-order valence-electron chi connectivity index (χ0n) is 17.2. The van der Waals surface area contributed by atoms with Gasteiger partial charge in [-0.1, -0.05) is 30.3 Å². The molecule has 2 N–H and O–H groups in total. The number of aromatic nitrogens is 2. The van der Waals surface area contributed by atoms with Crippen LogP contribution >= 0.6 is 23.4 Å². The molecule has 0 spiro atoms. The van der Waals surface area contributed by atoms with Gasteiger partial charge in [0, 0.05) is 37.3 Å². The molecule has 3 rings (SSSR count). The van der Waals surface area contributed by atoms with Crippen molar-refractivity contribution in [3.8, 4) is 0 Å². The minimum Gasteiger partial charge on any atom is -0.356 e. The van der Waals surface area contributed by atoms with Crippen LogP contribution in [0.5, 0.6) is 0 Å². The predicted molar refractivity (Wildman–Crippen MR) is 121 cm³/mol. The Morgan fingerprint density at radius 1 is 1.26 bits per heavy atom. The van der Waals surface area contributed by atoms with Crippen molar-refractivity contribution in [2.24, 2.45) is 5.92 Å². The molecule has 0 radical (unpaired) electrons. The van der Waals surface area contributed by atoms with E-state index in [-0.39, 0.29) is 28.5 Å². The molecule has 1 aromatic carbocycles. The van der Waals surface area contributed by atoms with Crippen LogP contribution in [0.4, 0.5) is 15.9 Å². The van der Waals surface area contributed by atoms with E-state index in [2.05, 4.69) is 25.5 Å². The van der Waals surface area contributed by atoms with Crippen LogP contribution in [-0.2, 0) is 9.59 Å². The summed E-state index contributed by atoms with van der Waals surface area (Å²) in [5.41, 5.74) is 0.436. The molecule has 2 heterocycles. The minimum absolute atomic E-state index is 0.0437. The Balaban J connectivity index is 1.49. The Labute approximate surface area is 190 Å². The number of carbonyl (C=O) groups is 2. The maximum absolute atomic E-state index is 13.2. The SMILES string of the molecule is CCCNC(=O)C1CCN(c2cc(SCC(=O)Nc3ccc(F)c(Cl)c3)ncn2)CC1. The number of piperidine rings is 1. The van der Waals surface area contributed by atoms with Crippen LogP contribution in [0.1, 0.15) is 26.2 Å². The smallest absolute Gasteiger partial charge is 0.234 e. The highest BCUT2D eigenvalue weighted by Gasteiger charge is 2.25. The lowest BCUT2D eigenvalue weighted by molar-refractivity contribution is -0.125. The van der Waals surface area contributed by atoms with Gasteiger partial charge in [-0.3, -0.25) is 9.59 Å². The topological polar surface area (TPSA) is 87.2 Å². The third-order valence-electron chi connectivity index (χ3n) is 4.92. The number of carbonyl (C=O) groups excluding carboxylic acids is 2.